The van der Waals surface area contributed by atoms with Crippen LogP contribution in [-0.4, -0.2) is 33.9 Å². The molecule has 0 unspecified atom stereocenters. The molecule has 0 aromatic rings. The third-order valence-electron chi connectivity index (χ3n) is 2.38. The van der Waals surface area contributed by atoms with Crippen molar-refractivity contribution in [3.05, 3.63) is 23.9 Å². The van der Waals surface area contributed by atoms with E-state index < -0.39 is 5.97 Å². The first-order valence-electron chi connectivity index (χ1n) is 5.89. The standard InChI is InChI=1S/C13H20N2O2/c1-9(2)14-12(13(16)17)15(10(3)4)11-7-5-6-8-11/h5-7,9-10H,8H2,1-4H3,(H,16,17). The highest BCUT2D eigenvalue weighted by atomic mass is 16.4. The Kier molecular flexibility index (Phi) is 4.49. The number of carboxylic acids is 1. The van der Waals surface area contributed by atoms with Crippen molar-refractivity contribution in [2.45, 2.75) is 46.2 Å². The van der Waals surface area contributed by atoms with Crippen molar-refractivity contribution in [1.29, 1.82) is 0 Å². The lowest BCUT2D eigenvalue weighted by atomic mass is 10.2. The number of hydrogen-bond acceptors (Lipinski definition) is 2. The van der Waals surface area contributed by atoms with Gasteiger partial charge in [-0.2, -0.15) is 0 Å². The molecule has 0 fully saturated rings. The van der Waals surface area contributed by atoms with Gasteiger partial charge in [0.25, 0.3) is 0 Å². The summed E-state index contributed by atoms with van der Waals surface area (Å²) in [4.78, 5) is 17.3. The minimum Gasteiger partial charge on any atom is -0.475 e. The Balaban J connectivity index is 3.07. The molecule has 1 rings (SSSR count). The van der Waals surface area contributed by atoms with Crippen LogP contribution < -0.4 is 0 Å². The normalized spacial score (nSPS) is 15.6. The Morgan fingerprint density at radius 2 is 2.06 bits per heavy atom. The van der Waals surface area contributed by atoms with Gasteiger partial charge in [0.15, 0.2) is 0 Å². The fraction of sp³-hybridized carbons (Fsp3) is 0.538. The number of amidine groups is 1. The lowest BCUT2D eigenvalue weighted by molar-refractivity contribution is -0.130. The minimum absolute atomic E-state index is 0.0303. The zero-order chi connectivity index (χ0) is 13.0. The van der Waals surface area contributed by atoms with E-state index in [4.69, 9.17) is 0 Å². The van der Waals surface area contributed by atoms with E-state index in [-0.39, 0.29) is 17.9 Å². The molecule has 0 saturated carbocycles. The molecule has 1 aliphatic carbocycles. The van der Waals surface area contributed by atoms with Crippen molar-refractivity contribution in [3.8, 4) is 0 Å². The Hall–Kier alpha value is -1.58. The second kappa shape index (κ2) is 5.66. The third-order valence-corrected chi connectivity index (χ3v) is 2.38. The van der Waals surface area contributed by atoms with E-state index in [9.17, 15) is 9.90 Å². The van der Waals surface area contributed by atoms with E-state index in [1.807, 2.05) is 45.9 Å². The maximum Gasteiger partial charge on any atom is 0.371 e. The van der Waals surface area contributed by atoms with Gasteiger partial charge in [-0.15, -0.1) is 0 Å². The maximum atomic E-state index is 11.3. The van der Waals surface area contributed by atoms with Gasteiger partial charge in [-0.3, -0.25) is 4.99 Å². The molecule has 0 aliphatic heterocycles. The number of rotatable bonds is 3. The largest absolute Gasteiger partial charge is 0.475 e. The molecular formula is C13H20N2O2. The third kappa shape index (κ3) is 3.44. The molecule has 17 heavy (non-hydrogen) atoms. The quantitative estimate of drug-likeness (QED) is 0.605. The SMILES string of the molecule is CC(C)N=C(C(=O)O)N(C1=CC=CC1)C(C)C. The van der Waals surface area contributed by atoms with Crippen LogP contribution in [-0.2, 0) is 4.79 Å². The van der Waals surface area contributed by atoms with Gasteiger partial charge in [0.2, 0.25) is 5.84 Å². The van der Waals surface area contributed by atoms with E-state index in [0.717, 1.165) is 12.1 Å². The topological polar surface area (TPSA) is 52.9 Å². The van der Waals surface area contributed by atoms with Crippen LogP contribution in [0, 0.1) is 0 Å². The summed E-state index contributed by atoms with van der Waals surface area (Å²) in [6, 6.07) is 0.0482. The van der Waals surface area contributed by atoms with Gasteiger partial charge in [-0.25, -0.2) is 4.79 Å². The second-order valence-corrected chi connectivity index (χ2v) is 4.61. The highest BCUT2D eigenvalue weighted by Gasteiger charge is 2.25. The second-order valence-electron chi connectivity index (χ2n) is 4.61. The van der Waals surface area contributed by atoms with Crippen molar-refractivity contribution >= 4 is 11.8 Å². The number of allylic oxidation sites excluding steroid dienone is 3. The number of carbonyl (C=O) groups is 1. The van der Waals surface area contributed by atoms with Gasteiger partial charge >= 0.3 is 5.97 Å². The van der Waals surface area contributed by atoms with Gasteiger partial charge in [-0.05, 0) is 33.8 Å². The fourth-order valence-electron chi connectivity index (χ4n) is 1.79. The smallest absolute Gasteiger partial charge is 0.371 e. The number of aliphatic imine (C=N–C) groups is 1. The van der Waals surface area contributed by atoms with E-state index in [2.05, 4.69) is 4.99 Å². The summed E-state index contributed by atoms with van der Waals surface area (Å²) in [5.41, 5.74) is 0.988. The molecular weight excluding hydrogens is 216 g/mol. The van der Waals surface area contributed by atoms with Crippen molar-refractivity contribution in [2.75, 3.05) is 0 Å². The molecule has 0 radical (unpaired) electrons. The molecule has 0 atom stereocenters. The van der Waals surface area contributed by atoms with Crippen LogP contribution in [0.2, 0.25) is 0 Å². The molecule has 94 valence electrons. The maximum absolute atomic E-state index is 11.3. The average Bonchev–Trinajstić information content (AvgIpc) is 2.68. The van der Waals surface area contributed by atoms with Crippen molar-refractivity contribution in [3.63, 3.8) is 0 Å². The average molecular weight is 236 g/mol. The Morgan fingerprint density at radius 1 is 1.41 bits per heavy atom. The zero-order valence-corrected chi connectivity index (χ0v) is 10.8. The molecule has 1 N–H and O–H groups in total. The van der Waals surface area contributed by atoms with E-state index in [0.29, 0.717) is 0 Å². The summed E-state index contributed by atoms with van der Waals surface area (Å²) in [6.07, 6.45) is 6.67. The van der Waals surface area contributed by atoms with Crippen LogP contribution in [0.1, 0.15) is 34.1 Å². The first-order chi connectivity index (χ1) is 7.93. The minimum atomic E-state index is -0.972. The Bertz CT molecular complexity index is 379. The van der Waals surface area contributed by atoms with Crippen LogP contribution in [0.3, 0.4) is 0 Å². The lowest BCUT2D eigenvalue weighted by Crippen LogP contribution is -2.41. The molecule has 0 saturated heterocycles. The Labute approximate surface area is 102 Å². The van der Waals surface area contributed by atoms with Gasteiger partial charge in [0.05, 0.1) is 0 Å². The van der Waals surface area contributed by atoms with Crippen molar-refractivity contribution < 1.29 is 9.90 Å². The van der Waals surface area contributed by atoms with Gasteiger partial charge in [-0.1, -0.05) is 12.2 Å². The van der Waals surface area contributed by atoms with Crippen LogP contribution in [0.4, 0.5) is 0 Å². The monoisotopic (exact) mass is 236 g/mol. The summed E-state index contributed by atoms with van der Waals surface area (Å²) in [5.74, 6) is -0.842. The number of carboxylic acid groups (broad SMARTS) is 1. The molecule has 0 amide bonds. The Morgan fingerprint density at radius 3 is 2.41 bits per heavy atom. The predicted octanol–water partition coefficient (Wildman–Crippen LogP) is 2.43. The first-order valence-corrected chi connectivity index (χ1v) is 5.89. The predicted molar refractivity (Wildman–Crippen MR) is 69.0 cm³/mol. The zero-order valence-electron chi connectivity index (χ0n) is 10.8. The molecule has 0 bridgehead atoms. The first kappa shape index (κ1) is 13.5. The van der Waals surface area contributed by atoms with Crippen LogP contribution in [0.5, 0.6) is 0 Å². The van der Waals surface area contributed by atoms with Crippen molar-refractivity contribution in [2.24, 2.45) is 4.99 Å². The van der Waals surface area contributed by atoms with Crippen LogP contribution in [0.25, 0.3) is 0 Å². The summed E-state index contributed by atoms with van der Waals surface area (Å²) in [6.45, 7) is 7.70. The highest BCUT2D eigenvalue weighted by Crippen LogP contribution is 2.20. The number of aliphatic carboxylic acids is 1. The van der Waals surface area contributed by atoms with E-state index in [1.165, 1.54) is 0 Å². The summed E-state index contributed by atoms with van der Waals surface area (Å²) >= 11 is 0. The number of nitrogens with zero attached hydrogens (tertiary/aromatic N) is 2. The highest BCUT2D eigenvalue weighted by molar-refractivity contribution is 6.34. The molecule has 0 spiro atoms. The van der Waals surface area contributed by atoms with Gasteiger partial charge in [0.1, 0.15) is 0 Å². The van der Waals surface area contributed by atoms with Crippen molar-refractivity contribution in [1.82, 2.24) is 4.90 Å². The van der Waals surface area contributed by atoms with E-state index >= 15 is 0 Å². The summed E-state index contributed by atoms with van der Waals surface area (Å²) in [5, 5.41) is 9.28. The summed E-state index contributed by atoms with van der Waals surface area (Å²) in [7, 11) is 0. The molecule has 4 nitrogen and oxygen atoms in total. The molecule has 1 aliphatic rings. The van der Waals surface area contributed by atoms with Crippen LogP contribution in [0.15, 0.2) is 28.9 Å². The molecule has 0 aromatic carbocycles. The molecule has 0 heterocycles. The van der Waals surface area contributed by atoms with Gasteiger partial charge < -0.3 is 10.0 Å². The number of hydrogen-bond donors (Lipinski definition) is 1. The lowest BCUT2D eigenvalue weighted by Gasteiger charge is -2.29. The summed E-state index contributed by atoms with van der Waals surface area (Å²) < 4.78 is 0. The molecule has 4 heteroatoms. The van der Waals surface area contributed by atoms with Gasteiger partial charge in [0, 0.05) is 24.2 Å². The fourth-order valence-corrected chi connectivity index (χ4v) is 1.79. The van der Waals surface area contributed by atoms with Crippen LogP contribution >= 0.6 is 0 Å². The van der Waals surface area contributed by atoms with E-state index in [1.54, 1.807) is 4.90 Å². The molecule has 0 aromatic heterocycles.